The lowest BCUT2D eigenvalue weighted by Crippen LogP contribution is -2.44. The van der Waals surface area contributed by atoms with Crippen LogP contribution in [0.2, 0.25) is 0 Å². The monoisotopic (exact) mass is 361 g/mol. The lowest BCUT2D eigenvalue weighted by atomic mass is 10.1. The molecule has 10 N–H and O–H groups in total. The lowest BCUT2D eigenvalue weighted by Gasteiger charge is -2.26. The molecule has 130 valence electrons. The number of nitrogens with two attached hydrogens (primary N) is 3. The van der Waals surface area contributed by atoms with Crippen molar-refractivity contribution in [2.24, 2.45) is 22.2 Å². The van der Waals surface area contributed by atoms with Crippen molar-refractivity contribution in [3.8, 4) is 0 Å². The van der Waals surface area contributed by atoms with E-state index in [-0.39, 0.29) is 18.9 Å². The van der Waals surface area contributed by atoms with Gasteiger partial charge in [-0.1, -0.05) is 0 Å². The topological polar surface area (TPSA) is 226 Å². The highest BCUT2D eigenvalue weighted by molar-refractivity contribution is 7.52. The number of rotatable bonds is 9. The van der Waals surface area contributed by atoms with Gasteiger partial charge in [0.2, 0.25) is 5.91 Å². The average molecular weight is 361 g/mol. The molecule has 22 heavy (non-hydrogen) atoms. The Morgan fingerprint density at radius 1 is 1.09 bits per heavy atom. The maximum absolute atomic E-state index is 12.0. The molecule has 0 aliphatic carbocycles. The van der Waals surface area contributed by atoms with Crippen molar-refractivity contribution in [2.45, 2.75) is 18.9 Å². The SMILES string of the molecule is NC(N)=NCCC[C@H](N)C(=O)N(CP(=O)(O)O)CP(=O)(O)O. The van der Waals surface area contributed by atoms with Gasteiger partial charge in [0.05, 0.1) is 6.04 Å². The third-order valence-electron chi connectivity index (χ3n) is 2.31. The first-order valence-corrected chi connectivity index (χ1v) is 9.60. The summed E-state index contributed by atoms with van der Waals surface area (Å²) in [5, 5.41) is 0. The highest BCUT2D eigenvalue weighted by atomic mass is 31.2. The van der Waals surface area contributed by atoms with Gasteiger partial charge in [0.25, 0.3) is 0 Å². The van der Waals surface area contributed by atoms with Gasteiger partial charge < -0.3 is 41.7 Å². The molecule has 0 fully saturated rings. The second-order valence-electron chi connectivity index (χ2n) is 4.55. The Hall–Kier alpha value is -1.00. The van der Waals surface area contributed by atoms with Crippen LogP contribution in [0.1, 0.15) is 12.8 Å². The van der Waals surface area contributed by atoms with Gasteiger partial charge in [-0.2, -0.15) is 0 Å². The second kappa shape index (κ2) is 8.59. The molecule has 0 aromatic heterocycles. The number of amides is 1. The summed E-state index contributed by atoms with van der Waals surface area (Å²) in [7, 11) is -9.39. The number of carbonyl (C=O) groups is 1. The zero-order valence-corrected chi connectivity index (χ0v) is 13.4. The van der Waals surface area contributed by atoms with E-state index in [0.717, 1.165) is 0 Å². The maximum Gasteiger partial charge on any atom is 0.344 e. The quantitative estimate of drug-likeness (QED) is 0.0985. The molecule has 0 aliphatic rings. The molecule has 0 aromatic rings. The molecule has 0 rings (SSSR count). The Balaban J connectivity index is 4.76. The third-order valence-corrected chi connectivity index (χ3v) is 3.73. The molecule has 0 saturated carbocycles. The molecule has 1 atom stereocenters. The predicted octanol–water partition coefficient (Wildman–Crippen LogP) is -2.53. The Kier molecular flexibility index (Phi) is 8.19. The van der Waals surface area contributed by atoms with Gasteiger partial charge in [-0.25, -0.2) is 0 Å². The van der Waals surface area contributed by atoms with Gasteiger partial charge in [-0.3, -0.25) is 18.9 Å². The predicted molar refractivity (Wildman–Crippen MR) is 78.6 cm³/mol. The van der Waals surface area contributed by atoms with Crippen molar-refractivity contribution in [3.05, 3.63) is 0 Å². The minimum absolute atomic E-state index is 0.0778. The molecule has 0 unspecified atom stereocenters. The number of aliphatic imine (C=N–C) groups is 1. The van der Waals surface area contributed by atoms with Gasteiger partial charge in [0, 0.05) is 6.54 Å². The summed E-state index contributed by atoms with van der Waals surface area (Å²) in [5.74, 6) is -1.11. The second-order valence-corrected chi connectivity index (χ2v) is 7.77. The first-order chi connectivity index (χ1) is 9.82. The maximum atomic E-state index is 12.0. The molecule has 1 amide bonds. The first kappa shape index (κ1) is 21.0. The largest absolute Gasteiger partial charge is 0.370 e. The lowest BCUT2D eigenvalue weighted by molar-refractivity contribution is -0.131. The Bertz CT molecular complexity index is 473. The molecule has 14 heteroatoms. The van der Waals surface area contributed by atoms with Crippen LogP contribution in [0.5, 0.6) is 0 Å². The minimum Gasteiger partial charge on any atom is -0.370 e. The van der Waals surface area contributed by atoms with Crippen LogP contribution < -0.4 is 17.2 Å². The van der Waals surface area contributed by atoms with Crippen molar-refractivity contribution in [3.63, 3.8) is 0 Å². The number of hydrogen-bond acceptors (Lipinski definition) is 5. The molecule has 0 aromatic carbocycles. The summed E-state index contributed by atoms with van der Waals surface area (Å²) >= 11 is 0. The van der Waals surface area contributed by atoms with Gasteiger partial charge in [0.1, 0.15) is 12.6 Å². The summed E-state index contributed by atoms with van der Waals surface area (Å²) < 4.78 is 21.9. The van der Waals surface area contributed by atoms with E-state index in [9.17, 15) is 13.9 Å². The van der Waals surface area contributed by atoms with Crippen LogP contribution >= 0.6 is 15.2 Å². The van der Waals surface area contributed by atoms with E-state index in [1.807, 2.05) is 0 Å². The van der Waals surface area contributed by atoms with Crippen LogP contribution in [0.15, 0.2) is 4.99 Å². The fourth-order valence-electron chi connectivity index (χ4n) is 1.51. The van der Waals surface area contributed by atoms with Crippen LogP contribution in [0.4, 0.5) is 0 Å². The number of nitrogens with zero attached hydrogens (tertiary/aromatic N) is 2. The van der Waals surface area contributed by atoms with E-state index in [0.29, 0.717) is 11.3 Å². The van der Waals surface area contributed by atoms with E-state index >= 15 is 0 Å². The fraction of sp³-hybridized carbons (Fsp3) is 0.750. The van der Waals surface area contributed by atoms with E-state index in [1.165, 1.54) is 0 Å². The van der Waals surface area contributed by atoms with E-state index in [1.54, 1.807) is 0 Å². The summed E-state index contributed by atoms with van der Waals surface area (Å²) in [4.78, 5) is 51.5. The molecule has 0 saturated heterocycles. The summed E-state index contributed by atoms with van der Waals surface area (Å²) in [6.45, 7) is 0.195. The number of carbonyl (C=O) groups excluding carboxylic acids is 1. The Labute approximate surface area is 126 Å². The number of hydrogen-bond donors (Lipinski definition) is 7. The van der Waals surface area contributed by atoms with Crippen molar-refractivity contribution in [1.82, 2.24) is 4.90 Å². The fourth-order valence-corrected chi connectivity index (χ4v) is 3.03. The molecular weight excluding hydrogens is 340 g/mol. The van der Waals surface area contributed by atoms with E-state index in [4.69, 9.17) is 36.8 Å². The van der Waals surface area contributed by atoms with E-state index < -0.39 is 39.7 Å². The van der Waals surface area contributed by atoms with Crippen molar-refractivity contribution in [1.29, 1.82) is 0 Å². The molecule has 0 spiro atoms. The van der Waals surface area contributed by atoms with Crippen LogP contribution in [-0.2, 0) is 13.9 Å². The molecule has 12 nitrogen and oxygen atoms in total. The summed E-state index contributed by atoms with van der Waals surface area (Å²) in [6.07, 6.45) is -1.87. The standard InChI is InChI=1S/C8H21N5O7P2/c9-6(2-1-3-12-8(10)11)7(14)13(4-21(15,16)17)5-22(18,19)20/h6H,1-5,9H2,(H4,10,11,12)(H2,15,16,17)(H2,18,19,20)/t6-/m0/s1. The van der Waals surface area contributed by atoms with Crippen LogP contribution in [0, 0.1) is 0 Å². The molecular formula is C8H21N5O7P2. The van der Waals surface area contributed by atoms with Gasteiger partial charge in [0.15, 0.2) is 5.96 Å². The minimum atomic E-state index is -4.69. The van der Waals surface area contributed by atoms with Crippen LogP contribution in [0.25, 0.3) is 0 Å². The van der Waals surface area contributed by atoms with Gasteiger partial charge in [-0.05, 0) is 12.8 Å². The smallest absolute Gasteiger partial charge is 0.344 e. The Morgan fingerprint density at radius 3 is 1.91 bits per heavy atom. The Morgan fingerprint density at radius 2 is 1.55 bits per heavy atom. The third kappa shape index (κ3) is 10.7. The van der Waals surface area contributed by atoms with E-state index in [2.05, 4.69) is 4.99 Å². The summed E-state index contributed by atoms with van der Waals surface area (Å²) in [6, 6.07) is -1.19. The highest BCUT2D eigenvalue weighted by Gasteiger charge is 2.31. The normalized spacial score (nSPS) is 13.5. The van der Waals surface area contributed by atoms with Crippen LogP contribution in [0.3, 0.4) is 0 Å². The zero-order valence-electron chi connectivity index (χ0n) is 11.6. The number of guanidine groups is 1. The van der Waals surface area contributed by atoms with Crippen LogP contribution in [-0.4, -0.2) is 61.5 Å². The van der Waals surface area contributed by atoms with Crippen molar-refractivity contribution >= 4 is 27.1 Å². The molecule has 0 heterocycles. The average Bonchev–Trinajstić information content (AvgIpc) is 2.28. The summed E-state index contributed by atoms with van der Waals surface area (Å²) in [5.41, 5.74) is 15.8. The zero-order chi connectivity index (χ0) is 17.6. The van der Waals surface area contributed by atoms with Crippen molar-refractivity contribution in [2.75, 3.05) is 19.1 Å². The van der Waals surface area contributed by atoms with Gasteiger partial charge >= 0.3 is 15.2 Å². The molecule has 0 aliphatic heterocycles. The van der Waals surface area contributed by atoms with Gasteiger partial charge in [-0.15, -0.1) is 0 Å². The molecule has 0 radical (unpaired) electrons. The van der Waals surface area contributed by atoms with Crippen molar-refractivity contribution < 1.29 is 33.5 Å². The first-order valence-electron chi connectivity index (χ1n) is 6.01. The highest BCUT2D eigenvalue weighted by Crippen LogP contribution is 2.41. The molecule has 0 bridgehead atoms.